The number of nitrogens with zero attached hydrogens (tertiary/aromatic N) is 5. The van der Waals surface area contributed by atoms with Crippen LogP contribution in [0.5, 0.6) is 5.88 Å². The normalized spacial score (nSPS) is 20.5. The van der Waals surface area contributed by atoms with Crippen molar-refractivity contribution in [2.75, 3.05) is 6.61 Å². The van der Waals surface area contributed by atoms with E-state index in [1.165, 1.54) is 0 Å². The Hall–Kier alpha value is -1.68. The van der Waals surface area contributed by atoms with Crippen molar-refractivity contribution in [3.05, 3.63) is 22.7 Å². The molecule has 12 heavy (non-hydrogen) atoms. The zero-order chi connectivity index (χ0) is 8.39. The minimum Gasteiger partial charge on any atom is -0.477 e. The quantitative estimate of drug-likeness (QED) is 0.353. The van der Waals surface area contributed by atoms with Crippen molar-refractivity contribution in [3.63, 3.8) is 0 Å². The predicted molar refractivity (Wildman–Crippen MR) is 40.7 cm³/mol. The number of fused-ring (bicyclic) bond motifs is 1. The Morgan fingerprint density at radius 1 is 1.83 bits per heavy atom. The third kappa shape index (κ3) is 1.08. The fourth-order valence-electron chi connectivity index (χ4n) is 1.16. The largest absolute Gasteiger partial charge is 0.477 e. The molecule has 0 aliphatic carbocycles. The highest BCUT2D eigenvalue weighted by Crippen LogP contribution is 2.16. The molecule has 0 N–H and O–H groups in total. The Balaban J connectivity index is 2.20. The van der Waals surface area contributed by atoms with E-state index in [0.29, 0.717) is 13.2 Å². The lowest BCUT2D eigenvalue weighted by Crippen LogP contribution is -2.28. The van der Waals surface area contributed by atoms with Crippen LogP contribution in [0.3, 0.4) is 0 Å². The first-order valence-corrected chi connectivity index (χ1v) is 3.59. The number of azide groups is 1. The minimum atomic E-state index is -0.137. The molecule has 0 fully saturated rings. The van der Waals surface area contributed by atoms with Gasteiger partial charge in [0.1, 0.15) is 6.61 Å². The van der Waals surface area contributed by atoms with Crippen molar-refractivity contribution in [1.82, 2.24) is 9.78 Å². The topological polar surface area (TPSA) is 75.8 Å². The van der Waals surface area contributed by atoms with Gasteiger partial charge in [0.05, 0.1) is 18.8 Å². The Bertz CT molecular complexity index is 326. The summed E-state index contributed by atoms with van der Waals surface area (Å²) in [5.41, 5.74) is 8.19. The summed E-state index contributed by atoms with van der Waals surface area (Å²) in [5.74, 6) is 0.736. The van der Waals surface area contributed by atoms with Crippen LogP contribution in [0.2, 0.25) is 0 Å². The van der Waals surface area contributed by atoms with E-state index in [1.807, 2.05) is 0 Å². The fourth-order valence-corrected chi connectivity index (χ4v) is 1.16. The number of aromatic nitrogens is 2. The van der Waals surface area contributed by atoms with Gasteiger partial charge in [0.15, 0.2) is 0 Å². The van der Waals surface area contributed by atoms with Gasteiger partial charge in [0.25, 0.3) is 0 Å². The molecule has 62 valence electrons. The summed E-state index contributed by atoms with van der Waals surface area (Å²) in [7, 11) is 0. The van der Waals surface area contributed by atoms with Crippen molar-refractivity contribution >= 4 is 0 Å². The van der Waals surface area contributed by atoms with Gasteiger partial charge in [-0.1, -0.05) is 5.11 Å². The first-order valence-electron chi connectivity index (χ1n) is 3.59. The summed E-state index contributed by atoms with van der Waals surface area (Å²) in [6.07, 6.45) is 1.66. The average Bonchev–Trinajstić information content (AvgIpc) is 2.51. The maximum atomic E-state index is 8.19. The van der Waals surface area contributed by atoms with Gasteiger partial charge in [-0.25, -0.2) is 4.68 Å². The van der Waals surface area contributed by atoms with Crippen LogP contribution >= 0.6 is 0 Å². The number of hydrogen-bond donors (Lipinski definition) is 0. The van der Waals surface area contributed by atoms with Crippen LogP contribution in [0.15, 0.2) is 17.4 Å². The second-order valence-corrected chi connectivity index (χ2v) is 2.52. The van der Waals surface area contributed by atoms with Gasteiger partial charge >= 0.3 is 0 Å². The van der Waals surface area contributed by atoms with E-state index >= 15 is 0 Å². The van der Waals surface area contributed by atoms with E-state index in [9.17, 15) is 0 Å². The molecule has 1 aliphatic heterocycles. The summed E-state index contributed by atoms with van der Waals surface area (Å²) in [4.78, 5) is 2.72. The fraction of sp³-hybridized carbons (Fsp3) is 0.500. The molecule has 0 saturated carbocycles. The van der Waals surface area contributed by atoms with E-state index in [4.69, 9.17) is 10.3 Å². The number of rotatable bonds is 1. The van der Waals surface area contributed by atoms with E-state index in [0.717, 1.165) is 5.88 Å². The Morgan fingerprint density at radius 3 is 3.58 bits per heavy atom. The van der Waals surface area contributed by atoms with E-state index in [1.54, 1.807) is 16.9 Å². The molecule has 0 amide bonds. The molecule has 0 bridgehead atoms. The predicted octanol–water partition coefficient (Wildman–Crippen LogP) is 0.954. The maximum absolute atomic E-state index is 8.19. The molecule has 2 heterocycles. The average molecular weight is 165 g/mol. The molecule has 6 heteroatoms. The zero-order valence-electron chi connectivity index (χ0n) is 6.29. The summed E-state index contributed by atoms with van der Waals surface area (Å²) in [6, 6.07) is 1.65. The van der Waals surface area contributed by atoms with Crippen LogP contribution in [0.25, 0.3) is 10.4 Å². The molecule has 1 aliphatic rings. The van der Waals surface area contributed by atoms with Gasteiger partial charge in [-0.15, -0.1) is 0 Å². The summed E-state index contributed by atoms with van der Waals surface area (Å²) in [6.45, 7) is 1.04. The molecule has 2 rings (SSSR count). The van der Waals surface area contributed by atoms with Crippen LogP contribution < -0.4 is 4.74 Å². The molecule has 0 saturated heterocycles. The second kappa shape index (κ2) is 2.75. The molecule has 1 aromatic heterocycles. The monoisotopic (exact) mass is 165 g/mol. The van der Waals surface area contributed by atoms with Crippen LogP contribution in [0.4, 0.5) is 0 Å². The number of ether oxygens (including phenoxy) is 1. The van der Waals surface area contributed by atoms with Gasteiger partial charge in [-0.2, -0.15) is 5.10 Å². The van der Waals surface area contributed by atoms with Crippen LogP contribution in [-0.2, 0) is 6.54 Å². The molecule has 1 unspecified atom stereocenters. The summed E-state index contributed by atoms with van der Waals surface area (Å²) < 4.78 is 6.95. The molecular formula is C6H7N5O. The minimum absolute atomic E-state index is 0.137. The first kappa shape index (κ1) is 7.00. The summed E-state index contributed by atoms with van der Waals surface area (Å²) in [5, 5.41) is 7.55. The Kier molecular flexibility index (Phi) is 1.60. The molecule has 0 spiro atoms. The molecule has 1 atom stereocenters. The Morgan fingerprint density at radius 2 is 2.75 bits per heavy atom. The van der Waals surface area contributed by atoms with Gasteiger partial charge < -0.3 is 4.74 Å². The first-order chi connectivity index (χ1) is 5.90. The maximum Gasteiger partial charge on any atom is 0.211 e. The lowest BCUT2D eigenvalue weighted by Gasteiger charge is -2.19. The van der Waals surface area contributed by atoms with Crippen molar-refractivity contribution in [1.29, 1.82) is 0 Å². The highest BCUT2D eigenvalue weighted by Gasteiger charge is 2.17. The van der Waals surface area contributed by atoms with E-state index < -0.39 is 0 Å². The van der Waals surface area contributed by atoms with Crippen molar-refractivity contribution in [2.45, 2.75) is 12.6 Å². The van der Waals surface area contributed by atoms with Crippen molar-refractivity contribution in [2.24, 2.45) is 5.11 Å². The van der Waals surface area contributed by atoms with Crippen molar-refractivity contribution in [3.8, 4) is 5.88 Å². The standard InChI is InChI=1S/C6H7N5O/c7-10-9-5-3-11-6(12-4-5)1-2-8-11/h1-2,5H,3-4H2. The highest BCUT2D eigenvalue weighted by molar-refractivity contribution is 5.10. The molecular weight excluding hydrogens is 158 g/mol. The third-order valence-electron chi connectivity index (χ3n) is 1.70. The lowest BCUT2D eigenvalue weighted by molar-refractivity contribution is 0.206. The number of hydrogen-bond acceptors (Lipinski definition) is 3. The second-order valence-electron chi connectivity index (χ2n) is 2.52. The Labute approximate surface area is 68.4 Å². The smallest absolute Gasteiger partial charge is 0.211 e. The highest BCUT2D eigenvalue weighted by atomic mass is 16.5. The van der Waals surface area contributed by atoms with Gasteiger partial charge in [-0.05, 0) is 5.53 Å². The van der Waals surface area contributed by atoms with Crippen molar-refractivity contribution < 1.29 is 4.74 Å². The molecule has 1 aromatic rings. The van der Waals surface area contributed by atoms with Crippen LogP contribution in [-0.4, -0.2) is 22.4 Å². The molecule has 0 radical (unpaired) electrons. The van der Waals surface area contributed by atoms with Gasteiger partial charge in [0, 0.05) is 11.0 Å². The van der Waals surface area contributed by atoms with E-state index in [-0.39, 0.29) is 6.04 Å². The summed E-state index contributed by atoms with van der Waals surface area (Å²) >= 11 is 0. The SMILES string of the molecule is [N-]=[N+]=NC1COc2ccnn2C1. The molecule has 0 aromatic carbocycles. The van der Waals surface area contributed by atoms with E-state index in [2.05, 4.69) is 15.1 Å². The van der Waals surface area contributed by atoms with Gasteiger partial charge in [-0.3, -0.25) is 0 Å². The zero-order valence-corrected chi connectivity index (χ0v) is 6.29. The van der Waals surface area contributed by atoms with Gasteiger partial charge in [0.2, 0.25) is 5.88 Å². The van der Waals surface area contributed by atoms with Crippen LogP contribution in [0, 0.1) is 0 Å². The molecule has 6 nitrogen and oxygen atoms in total. The lowest BCUT2D eigenvalue weighted by atomic mass is 10.3. The third-order valence-corrected chi connectivity index (χ3v) is 1.70. The van der Waals surface area contributed by atoms with Crippen LogP contribution in [0.1, 0.15) is 0 Å².